The third-order valence-corrected chi connectivity index (χ3v) is 9.07. The highest BCUT2D eigenvalue weighted by Crippen LogP contribution is 2.70. The van der Waals surface area contributed by atoms with Crippen LogP contribution in [-0.2, 0) is 9.59 Å². The Morgan fingerprint density at radius 2 is 1.97 bits per heavy atom. The van der Waals surface area contributed by atoms with Gasteiger partial charge in [-0.2, -0.15) is 12.6 Å². The van der Waals surface area contributed by atoms with E-state index in [-0.39, 0.29) is 30.0 Å². The van der Waals surface area contributed by atoms with E-state index in [9.17, 15) is 19.8 Å². The van der Waals surface area contributed by atoms with Crippen molar-refractivity contribution in [1.29, 1.82) is 0 Å². The smallest absolute Gasteiger partial charge is 0.178 e. The molecule has 0 saturated heterocycles. The summed E-state index contributed by atoms with van der Waals surface area (Å²) in [4.78, 5) is 24.5. The van der Waals surface area contributed by atoms with Gasteiger partial charge in [-0.25, -0.2) is 8.78 Å². The zero-order chi connectivity index (χ0) is 21.6. The Morgan fingerprint density at radius 1 is 1.31 bits per heavy atom. The lowest BCUT2D eigenvalue weighted by Crippen LogP contribution is -2.70. The van der Waals surface area contributed by atoms with Gasteiger partial charge in [0.1, 0.15) is 11.8 Å². The summed E-state index contributed by atoms with van der Waals surface area (Å²) in [6.45, 7) is 5.00. The van der Waals surface area contributed by atoms with Crippen LogP contribution < -0.4 is 0 Å². The molecule has 2 N–H and O–H groups in total. The lowest BCUT2D eigenvalue weighted by Gasteiger charge is -2.63. The van der Waals surface area contributed by atoms with Crippen LogP contribution in [0.25, 0.3) is 0 Å². The van der Waals surface area contributed by atoms with Gasteiger partial charge in [0.05, 0.1) is 11.9 Å². The van der Waals surface area contributed by atoms with Crippen molar-refractivity contribution in [3.8, 4) is 0 Å². The van der Waals surface area contributed by atoms with Crippen molar-refractivity contribution < 1.29 is 28.6 Å². The highest BCUT2D eigenvalue weighted by atomic mass is 32.1. The molecule has 0 aromatic heterocycles. The molecule has 4 aliphatic rings. The molecule has 160 valence electrons. The van der Waals surface area contributed by atoms with Crippen molar-refractivity contribution >= 4 is 24.2 Å². The molecule has 3 fully saturated rings. The maximum Gasteiger partial charge on any atom is 0.178 e. The Morgan fingerprint density at radius 3 is 2.59 bits per heavy atom. The van der Waals surface area contributed by atoms with Gasteiger partial charge in [0.15, 0.2) is 17.2 Å². The summed E-state index contributed by atoms with van der Waals surface area (Å²) in [5.74, 6) is -2.83. The Balaban J connectivity index is 1.87. The van der Waals surface area contributed by atoms with Gasteiger partial charge < -0.3 is 10.2 Å². The van der Waals surface area contributed by atoms with Crippen LogP contribution in [0.4, 0.5) is 8.78 Å². The minimum atomic E-state index is -2.20. The van der Waals surface area contributed by atoms with Crippen molar-refractivity contribution in [2.45, 2.75) is 63.6 Å². The number of aliphatic hydroxyl groups is 2. The Bertz CT molecular complexity index is 843. The van der Waals surface area contributed by atoms with Crippen LogP contribution in [0, 0.1) is 28.6 Å². The zero-order valence-electron chi connectivity index (χ0n) is 16.9. The van der Waals surface area contributed by atoms with E-state index >= 15 is 8.78 Å². The molecular formula is C22H28F2O4S. The van der Waals surface area contributed by atoms with E-state index in [1.54, 1.807) is 13.8 Å². The number of allylic oxidation sites excluding steroid dienone is 4. The molecule has 4 aliphatic carbocycles. The summed E-state index contributed by atoms with van der Waals surface area (Å²) in [7, 11) is 0. The summed E-state index contributed by atoms with van der Waals surface area (Å²) in [5, 5.41) is 22.6. The van der Waals surface area contributed by atoms with Crippen LogP contribution >= 0.6 is 12.6 Å². The number of hydrogen-bond donors (Lipinski definition) is 3. The van der Waals surface area contributed by atoms with Gasteiger partial charge in [0.25, 0.3) is 0 Å². The number of carbonyl (C=O) groups excluding carboxylic acids is 2. The SMILES string of the molecule is C[C@H]1C[C@H]2[C@@H]3CC(F)C4=CC(=O)C=C[C@]4(C)[C@@]3(F)[C@@H](O)C[C@]2(C)[C@@]1(O)C(=O)CS. The van der Waals surface area contributed by atoms with Gasteiger partial charge in [-0.05, 0) is 55.7 Å². The first-order valence-electron chi connectivity index (χ1n) is 10.2. The van der Waals surface area contributed by atoms with E-state index in [4.69, 9.17) is 0 Å². The summed E-state index contributed by atoms with van der Waals surface area (Å²) in [5.41, 5.74) is -6.42. The monoisotopic (exact) mass is 426 g/mol. The van der Waals surface area contributed by atoms with E-state index < -0.39 is 57.9 Å². The lowest BCUT2D eigenvalue weighted by atomic mass is 9.44. The molecule has 3 saturated carbocycles. The summed E-state index contributed by atoms with van der Waals surface area (Å²) in [6, 6.07) is 0. The van der Waals surface area contributed by atoms with Crippen molar-refractivity contribution in [1.82, 2.24) is 0 Å². The van der Waals surface area contributed by atoms with Gasteiger partial charge in [-0.1, -0.05) is 19.9 Å². The fourth-order valence-electron chi connectivity index (χ4n) is 7.25. The molecule has 9 atom stereocenters. The Hall–Kier alpha value is -1.05. The van der Waals surface area contributed by atoms with Crippen molar-refractivity contribution in [3.63, 3.8) is 0 Å². The normalized spacial score (nSPS) is 53.7. The number of hydrogen-bond acceptors (Lipinski definition) is 5. The highest BCUT2D eigenvalue weighted by Gasteiger charge is 2.76. The molecule has 4 rings (SSSR count). The predicted molar refractivity (Wildman–Crippen MR) is 107 cm³/mol. The molecule has 0 bridgehead atoms. The standard InChI is InChI=1S/C22H28F2O4S/c1-11-6-13-14-8-16(23)15-7-12(25)4-5-19(15,2)21(14,24)17(26)9-20(13,3)22(11,28)18(27)10-29/h4-5,7,11,13-14,16-17,26,28-29H,6,8-10H2,1-3H3/t11-,13-,14-,16?,17-,19-,20-,21-,22-/m0/s1. The second-order valence-corrected chi connectivity index (χ2v) is 10.2. The first-order valence-corrected chi connectivity index (χ1v) is 10.8. The topological polar surface area (TPSA) is 74.6 Å². The number of halogens is 2. The molecule has 29 heavy (non-hydrogen) atoms. The molecule has 0 aromatic carbocycles. The van der Waals surface area contributed by atoms with Crippen LogP contribution in [0.15, 0.2) is 23.8 Å². The summed E-state index contributed by atoms with van der Waals surface area (Å²) < 4.78 is 32.2. The van der Waals surface area contributed by atoms with Gasteiger partial charge in [0, 0.05) is 16.7 Å². The van der Waals surface area contributed by atoms with Gasteiger partial charge in [-0.3, -0.25) is 9.59 Å². The zero-order valence-corrected chi connectivity index (χ0v) is 17.8. The molecular weight excluding hydrogens is 398 g/mol. The van der Waals surface area contributed by atoms with Crippen molar-refractivity contribution in [2.75, 3.05) is 5.75 Å². The number of alkyl halides is 2. The minimum absolute atomic E-state index is 0.0687. The maximum absolute atomic E-state index is 16.9. The van der Waals surface area contributed by atoms with Crippen LogP contribution in [0.3, 0.4) is 0 Å². The number of ketones is 2. The third kappa shape index (κ3) is 2.27. The Kier molecular flexibility index (Phi) is 4.56. The highest BCUT2D eigenvalue weighted by molar-refractivity contribution is 7.81. The maximum atomic E-state index is 16.9. The van der Waals surface area contributed by atoms with Gasteiger partial charge >= 0.3 is 0 Å². The second kappa shape index (κ2) is 6.24. The number of fused-ring (bicyclic) bond motifs is 5. The summed E-state index contributed by atoms with van der Waals surface area (Å²) in [6.07, 6.45) is 0.790. The van der Waals surface area contributed by atoms with E-state index in [1.165, 1.54) is 19.1 Å². The summed E-state index contributed by atoms with van der Waals surface area (Å²) >= 11 is 4.05. The van der Waals surface area contributed by atoms with Crippen LogP contribution in [0.5, 0.6) is 0 Å². The number of aliphatic hydroxyl groups excluding tert-OH is 1. The fraction of sp³-hybridized carbons (Fsp3) is 0.727. The Labute approximate surface area is 174 Å². The predicted octanol–water partition coefficient (Wildman–Crippen LogP) is 2.78. The number of thiol groups is 1. The molecule has 4 nitrogen and oxygen atoms in total. The molecule has 0 aromatic rings. The first-order chi connectivity index (χ1) is 13.4. The molecule has 0 spiro atoms. The van der Waals surface area contributed by atoms with Crippen LogP contribution in [0.1, 0.15) is 40.0 Å². The van der Waals surface area contributed by atoms with Gasteiger partial charge in [0.2, 0.25) is 0 Å². The lowest BCUT2D eigenvalue weighted by molar-refractivity contribution is -0.222. The largest absolute Gasteiger partial charge is 0.390 e. The number of carbonyl (C=O) groups is 2. The molecule has 0 heterocycles. The van der Waals surface area contributed by atoms with E-state index in [1.807, 2.05) is 0 Å². The number of Topliss-reactive ketones (excluding diaryl/α,β-unsaturated/α-hetero) is 1. The fourth-order valence-corrected chi connectivity index (χ4v) is 7.50. The van der Waals surface area contributed by atoms with E-state index in [2.05, 4.69) is 12.6 Å². The molecule has 1 unspecified atom stereocenters. The molecule has 7 heteroatoms. The average molecular weight is 427 g/mol. The molecule has 0 aliphatic heterocycles. The minimum Gasteiger partial charge on any atom is -0.390 e. The second-order valence-electron chi connectivity index (χ2n) is 9.84. The van der Waals surface area contributed by atoms with Crippen LogP contribution in [0.2, 0.25) is 0 Å². The molecule has 0 amide bonds. The van der Waals surface area contributed by atoms with Gasteiger partial charge in [-0.15, -0.1) is 0 Å². The van der Waals surface area contributed by atoms with E-state index in [0.29, 0.717) is 6.42 Å². The molecule has 0 radical (unpaired) electrons. The van der Waals surface area contributed by atoms with Crippen molar-refractivity contribution in [3.05, 3.63) is 23.8 Å². The van der Waals surface area contributed by atoms with Crippen LogP contribution in [-0.4, -0.2) is 51.1 Å². The average Bonchev–Trinajstić information content (AvgIpc) is 2.86. The third-order valence-electron chi connectivity index (χ3n) is 8.78. The van der Waals surface area contributed by atoms with E-state index in [0.717, 1.165) is 6.08 Å². The number of rotatable bonds is 2. The first kappa shape index (κ1) is 21.2. The quantitative estimate of drug-likeness (QED) is 0.594. The van der Waals surface area contributed by atoms with Crippen molar-refractivity contribution in [2.24, 2.45) is 28.6 Å².